The van der Waals surface area contributed by atoms with E-state index in [0.717, 1.165) is 27.3 Å². The minimum atomic E-state index is -0.332. The van der Waals surface area contributed by atoms with Gasteiger partial charge in [0.1, 0.15) is 11.6 Å². The Morgan fingerprint density at radius 3 is 2.68 bits per heavy atom. The summed E-state index contributed by atoms with van der Waals surface area (Å²) in [6.45, 7) is 1.87. The lowest BCUT2D eigenvalue weighted by atomic mass is 10.0. The van der Waals surface area contributed by atoms with Crippen molar-refractivity contribution in [1.82, 2.24) is 15.0 Å². The van der Waals surface area contributed by atoms with Gasteiger partial charge in [-0.05, 0) is 49.2 Å². The third kappa shape index (κ3) is 4.50. The van der Waals surface area contributed by atoms with Crippen molar-refractivity contribution in [2.24, 2.45) is 0 Å². The molecule has 0 bridgehead atoms. The maximum absolute atomic E-state index is 14.8. The van der Waals surface area contributed by atoms with Crippen LogP contribution in [0, 0.1) is 12.7 Å². The van der Waals surface area contributed by atoms with Crippen molar-refractivity contribution in [2.45, 2.75) is 11.8 Å². The molecule has 0 amide bonds. The van der Waals surface area contributed by atoms with Crippen molar-refractivity contribution in [3.63, 3.8) is 0 Å². The number of methoxy groups -OCH3 is 1. The predicted molar refractivity (Wildman–Crippen MR) is 124 cm³/mol. The molecule has 4 aromatic rings. The fourth-order valence-corrected chi connectivity index (χ4v) is 4.10. The van der Waals surface area contributed by atoms with E-state index in [-0.39, 0.29) is 5.82 Å². The second kappa shape index (κ2) is 8.95. The maximum atomic E-state index is 14.8. The highest BCUT2D eigenvalue weighted by atomic mass is 35.5. The quantitative estimate of drug-likeness (QED) is 0.347. The Morgan fingerprint density at radius 2 is 1.90 bits per heavy atom. The molecule has 4 rings (SSSR count). The Hall–Kier alpha value is -3.10. The van der Waals surface area contributed by atoms with Crippen LogP contribution in [0.2, 0.25) is 5.02 Å². The third-order valence-corrected chi connectivity index (χ3v) is 5.72. The average Bonchev–Trinajstić information content (AvgIpc) is 2.78. The molecule has 0 saturated carbocycles. The molecule has 1 aromatic carbocycles. The van der Waals surface area contributed by atoms with E-state index >= 15 is 0 Å². The van der Waals surface area contributed by atoms with Crippen LogP contribution in [0.4, 0.5) is 15.9 Å². The van der Waals surface area contributed by atoms with Crippen molar-refractivity contribution < 1.29 is 9.13 Å². The zero-order valence-electron chi connectivity index (χ0n) is 17.0. The molecular weight excluding hydrogens is 437 g/mol. The normalized spacial score (nSPS) is 10.9. The molecule has 158 valence electrons. The Bertz CT molecular complexity index is 1270. The van der Waals surface area contributed by atoms with Crippen LogP contribution in [0.5, 0.6) is 5.88 Å². The highest BCUT2D eigenvalue weighted by molar-refractivity contribution is 8.00. The van der Waals surface area contributed by atoms with Gasteiger partial charge in [0.05, 0.1) is 22.5 Å². The van der Waals surface area contributed by atoms with Crippen molar-refractivity contribution in [2.75, 3.05) is 24.2 Å². The number of halogens is 2. The highest BCUT2D eigenvalue weighted by Crippen LogP contribution is 2.34. The third-order valence-electron chi connectivity index (χ3n) is 4.66. The van der Waals surface area contributed by atoms with E-state index in [4.69, 9.17) is 16.3 Å². The molecule has 3 aromatic heterocycles. The number of nitrogens with zero attached hydrogens (tertiary/aromatic N) is 3. The van der Waals surface area contributed by atoms with Gasteiger partial charge < -0.3 is 14.8 Å². The van der Waals surface area contributed by atoms with Crippen molar-refractivity contribution in [3.05, 3.63) is 65.3 Å². The van der Waals surface area contributed by atoms with Crippen molar-refractivity contribution in [3.8, 4) is 17.0 Å². The van der Waals surface area contributed by atoms with E-state index in [9.17, 15) is 4.39 Å². The van der Waals surface area contributed by atoms with Crippen LogP contribution in [0.1, 0.15) is 5.69 Å². The van der Waals surface area contributed by atoms with Gasteiger partial charge >= 0.3 is 0 Å². The van der Waals surface area contributed by atoms with Crippen LogP contribution in [-0.4, -0.2) is 29.1 Å². The van der Waals surface area contributed by atoms with E-state index in [1.165, 1.54) is 24.2 Å². The summed E-state index contributed by atoms with van der Waals surface area (Å²) in [5, 5.41) is 4.33. The van der Waals surface area contributed by atoms with Gasteiger partial charge in [0.2, 0.25) is 5.88 Å². The van der Waals surface area contributed by atoms with Gasteiger partial charge in [0.15, 0.2) is 0 Å². The van der Waals surface area contributed by atoms with Gasteiger partial charge in [0.25, 0.3) is 0 Å². The SMILES string of the molecule is CNc1cc2nc(C)c(-c3cc(NSc4cc(Cl)cnc4OC)ccc3F)cc2cn1. The molecule has 0 saturated heterocycles. The first-order valence-corrected chi connectivity index (χ1v) is 10.6. The molecule has 0 aliphatic rings. The highest BCUT2D eigenvalue weighted by Gasteiger charge is 2.13. The number of rotatable bonds is 6. The van der Waals surface area contributed by atoms with Crippen LogP contribution in [0.25, 0.3) is 22.0 Å². The number of aryl methyl sites for hydroxylation is 1. The Labute approximate surface area is 188 Å². The molecule has 2 N–H and O–H groups in total. The standard InChI is InChI=1S/C22H19ClFN5OS/c1-12-16(6-13-10-26-21(25-2)9-19(13)28-12)17-8-15(4-5-18(17)24)29-31-20-7-14(23)11-27-22(20)30-3/h4-11,29H,1-3H3,(H,25,26). The molecule has 6 nitrogen and oxygen atoms in total. The summed E-state index contributed by atoms with van der Waals surface area (Å²) < 4.78 is 23.2. The number of pyridine rings is 3. The molecule has 0 radical (unpaired) electrons. The van der Waals surface area contributed by atoms with Gasteiger partial charge in [-0.2, -0.15) is 0 Å². The number of hydrogen-bond acceptors (Lipinski definition) is 7. The topological polar surface area (TPSA) is 72.0 Å². The molecule has 0 fully saturated rings. The van der Waals surface area contributed by atoms with Gasteiger partial charge in [-0.25, -0.2) is 14.4 Å². The van der Waals surface area contributed by atoms with Crippen molar-refractivity contribution in [1.29, 1.82) is 0 Å². The van der Waals surface area contributed by atoms with E-state index in [1.54, 1.807) is 38.6 Å². The molecule has 0 atom stereocenters. The molecular formula is C22H19ClFN5OS. The summed E-state index contributed by atoms with van der Waals surface area (Å²) in [4.78, 5) is 13.8. The second-order valence-electron chi connectivity index (χ2n) is 6.69. The largest absolute Gasteiger partial charge is 0.480 e. The Morgan fingerprint density at radius 1 is 1.06 bits per heavy atom. The monoisotopic (exact) mass is 455 g/mol. The smallest absolute Gasteiger partial charge is 0.228 e. The lowest BCUT2D eigenvalue weighted by molar-refractivity contribution is 0.387. The fourth-order valence-electron chi connectivity index (χ4n) is 3.12. The minimum Gasteiger partial charge on any atom is -0.480 e. The van der Waals surface area contributed by atoms with E-state index in [1.807, 2.05) is 19.1 Å². The number of fused-ring (bicyclic) bond motifs is 1. The van der Waals surface area contributed by atoms with Crippen LogP contribution in [-0.2, 0) is 0 Å². The molecule has 3 heterocycles. The number of nitrogens with one attached hydrogen (secondary N) is 2. The zero-order chi connectivity index (χ0) is 22.0. The first-order valence-electron chi connectivity index (χ1n) is 9.36. The molecule has 0 spiro atoms. The van der Waals surface area contributed by atoms with Crippen LogP contribution in [0.15, 0.2) is 53.7 Å². The molecule has 0 unspecified atom stereocenters. The van der Waals surface area contributed by atoms with Gasteiger partial charge in [0, 0.05) is 53.4 Å². The zero-order valence-corrected chi connectivity index (χ0v) is 18.6. The summed E-state index contributed by atoms with van der Waals surface area (Å²) in [5.41, 5.74) is 3.40. The van der Waals surface area contributed by atoms with Gasteiger partial charge in [-0.1, -0.05) is 11.6 Å². The number of ether oxygens (including phenoxy) is 1. The van der Waals surface area contributed by atoms with E-state index in [0.29, 0.717) is 27.7 Å². The average molecular weight is 456 g/mol. The summed E-state index contributed by atoms with van der Waals surface area (Å²) in [6, 6.07) is 10.4. The van der Waals surface area contributed by atoms with E-state index in [2.05, 4.69) is 25.0 Å². The second-order valence-corrected chi connectivity index (χ2v) is 7.98. The lowest BCUT2D eigenvalue weighted by Gasteiger charge is -2.13. The fraction of sp³-hybridized carbons (Fsp3) is 0.136. The number of anilines is 2. The first-order chi connectivity index (χ1) is 15.0. The summed E-state index contributed by atoms with van der Waals surface area (Å²) in [6.07, 6.45) is 3.25. The maximum Gasteiger partial charge on any atom is 0.228 e. The first kappa shape index (κ1) is 21.1. The molecule has 0 aliphatic carbocycles. The lowest BCUT2D eigenvalue weighted by Crippen LogP contribution is -1.97. The van der Waals surface area contributed by atoms with Gasteiger partial charge in [-0.3, -0.25) is 4.98 Å². The van der Waals surface area contributed by atoms with Crippen molar-refractivity contribution >= 4 is 46.0 Å². The summed E-state index contributed by atoms with van der Waals surface area (Å²) in [7, 11) is 3.34. The predicted octanol–water partition coefficient (Wildman–Crippen LogP) is 5.96. The number of benzene rings is 1. The Balaban J connectivity index is 1.67. The minimum absolute atomic E-state index is 0.332. The number of hydrogen-bond donors (Lipinski definition) is 2. The Kier molecular flexibility index (Phi) is 6.11. The number of aromatic nitrogens is 3. The molecule has 0 aliphatic heterocycles. The summed E-state index contributed by atoms with van der Waals surface area (Å²) >= 11 is 7.32. The van der Waals surface area contributed by atoms with E-state index < -0.39 is 0 Å². The summed E-state index contributed by atoms with van der Waals surface area (Å²) in [5.74, 6) is 0.848. The molecule has 9 heteroatoms. The van der Waals surface area contributed by atoms with Crippen LogP contribution in [0.3, 0.4) is 0 Å². The van der Waals surface area contributed by atoms with Crippen LogP contribution < -0.4 is 14.8 Å². The van der Waals surface area contributed by atoms with Crippen LogP contribution >= 0.6 is 23.5 Å². The van der Waals surface area contributed by atoms with Gasteiger partial charge in [-0.15, -0.1) is 0 Å². The molecule has 31 heavy (non-hydrogen) atoms.